The Labute approximate surface area is 194 Å². The van der Waals surface area contributed by atoms with E-state index in [9.17, 15) is 4.79 Å². The summed E-state index contributed by atoms with van der Waals surface area (Å²) in [6, 6.07) is 9.97. The summed E-state index contributed by atoms with van der Waals surface area (Å²) in [5.74, 6) is 1.32. The van der Waals surface area contributed by atoms with Gasteiger partial charge in [-0.2, -0.15) is 0 Å². The molecule has 0 saturated carbocycles. The summed E-state index contributed by atoms with van der Waals surface area (Å²) in [7, 11) is 3.25. The molecule has 1 unspecified atom stereocenters. The average molecular weight is 449 g/mol. The summed E-state index contributed by atoms with van der Waals surface area (Å²) in [5.41, 5.74) is 13.6. The van der Waals surface area contributed by atoms with Gasteiger partial charge in [0.1, 0.15) is 5.49 Å². The lowest BCUT2D eigenvalue weighted by Gasteiger charge is -2.26. The van der Waals surface area contributed by atoms with Crippen LogP contribution in [0.3, 0.4) is 0 Å². The summed E-state index contributed by atoms with van der Waals surface area (Å²) in [4.78, 5) is 18.7. The molecule has 0 radical (unpaired) electrons. The molecule has 0 fully saturated rings. The smallest absolute Gasteiger partial charge is 0.330 e. The fraction of sp³-hybridized carbons (Fsp3) is 0.385. The molecule has 0 amide bonds. The Morgan fingerprint density at radius 3 is 2.27 bits per heavy atom. The van der Waals surface area contributed by atoms with E-state index in [4.69, 9.17) is 20.2 Å². The monoisotopic (exact) mass is 448 g/mol. The fourth-order valence-electron chi connectivity index (χ4n) is 4.71. The Bertz CT molecular complexity index is 1330. The maximum atomic E-state index is 13.7. The second-order valence-corrected chi connectivity index (χ2v) is 8.75. The number of fused-ring (bicyclic) bond motifs is 3. The molecule has 174 valence electrons. The Balaban J connectivity index is 2.06. The van der Waals surface area contributed by atoms with E-state index in [0.717, 1.165) is 40.1 Å². The van der Waals surface area contributed by atoms with Crippen molar-refractivity contribution in [2.45, 2.75) is 46.7 Å². The molecule has 2 heterocycles. The van der Waals surface area contributed by atoms with Crippen LogP contribution in [0.1, 0.15) is 35.2 Å². The first-order valence-corrected chi connectivity index (χ1v) is 11.2. The molecule has 2 N–H and O–H groups in total. The van der Waals surface area contributed by atoms with Crippen molar-refractivity contribution in [2.75, 3.05) is 20.8 Å². The van der Waals surface area contributed by atoms with Crippen LogP contribution in [0.2, 0.25) is 0 Å². The van der Waals surface area contributed by atoms with Crippen LogP contribution < -0.4 is 26.4 Å². The van der Waals surface area contributed by atoms with Gasteiger partial charge in [0.15, 0.2) is 11.5 Å². The van der Waals surface area contributed by atoms with Crippen molar-refractivity contribution in [3.8, 4) is 22.8 Å². The van der Waals surface area contributed by atoms with Crippen LogP contribution in [-0.2, 0) is 13.0 Å². The van der Waals surface area contributed by atoms with Gasteiger partial charge in [0.25, 0.3) is 0 Å². The molecular formula is C26H32N4O3. The first-order chi connectivity index (χ1) is 15.8. The lowest BCUT2D eigenvalue weighted by molar-refractivity contribution is 0.354. The first kappa shape index (κ1) is 22.9. The first-order valence-electron chi connectivity index (χ1n) is 11.2. The van der Waals surface area contributed by atoms with Crippen molar-refractivity contribution < 1.29 is 9.47 Å². The minimum atomic E-state index is -0.188. The lowest BCUT2D eigenvalue weighted by Crippen LogP contribution is -2.45. The van der Waals surface area contributed by atoms with Gasteiger partial charge in [-0.05, 0) is 62.9 Å². The second kappa shape index (κ2) is 8.90. The van der Waals surface area contributed by atoms with Crippen molar-refractivity contribution in [1.29, 1.82) is 0 Å². The highest BCUT2D eigenvalue weighted by molar-refractivity contribution is 5.70. The number of aromatic nitrogens is 2. The molecule has 0 bridgehead atoms. The van der Waals surface area contributed by atoms with E-state index in [1.165, 1.54) is 5.56 Å². The van der Waals surface area contributed by atoms with Gasteiger partial charge >= 0.3 is 5.69 Å². The Hall–Kier alpha value is -3.32. The van der Waals surface area contributed by atoms with E-state index in [2.05, 4.69) is 19.1 Å². The van der Waals surface area contributed by atoms with Crippen molar-refractivity contribution in [2.24, 2.45) is 10.7 Å². The fourth-order valence-corrected chi connectivity index (χ4v) is 4.71. The molecule has 4 rings (SSSR count). The quantitative estimate of drug-likeness (QED) is 0.647. The highest BCUT2D eigenvalue weighted by Crippen LogP contribution is 2.37. The van der Waals surface area contributed by atoms with Crippen molar-refractivity contribution >= 4 is 5.69 Å². The summed E-state index contributed by atoms with van der Waals surface area (Å²) in [6.45, 7) is 9.05. The summed E-state index contributed by atoms with van der Waals surface area (Å²) in [6.07, 6.45) is 0.728. The largest absolute Gasteiger partial charge is 0.493 e. The summed E-state index contributed by atoms with van der Waals surface area (Å²) < 4.78 is 14.6. The van der Waals surface area contributed by atoms with E-state index in [0.29, 0.717) is 30.1 Å². The molecule has 0 aliphatic carbocycles. The number of aryl methyl sites for hydroxylation is 4. The van der Waals surface area contributed by atoms with Gasteiger partial charge in [-0.3, -0.25) is 9.13 Å². The minimum Gasteiger partial charge on any atom is -0.493 e. The van der Waals surface area contributed by atoms with Crippen LogP contribution in [0, 0.1) is 20.8 Å². The highest BCUT2D eigenvalue weighted by Gasteiger charge is 2.23. The second-order valence-electron chi connectivity index (χ2n) is 8.75. The van der Waals surface area contributed by atoms with Crippen LogP contribution in [0.5, 0.6) is 11.5 Å². The Morgan fingerprint density at radius 2 is 1.67 bits per heavy atom. The molecule has 1 aliphatic heterocycles. The molecule has 0 saturated heterocycles. The minimum absolute atomic E-state index is 0.105. The molecule has 1 aromatic heterocycles. The van der Waals surface area contributed by atoms with E-state index >= 15 is 0 Å². The number of ether oxygens (including phenoxy) is 2. The van der Waals surface area contributed by atoms with Gasteiger partial charge in [-0.15, -0.1) is 0 Å². The molecule has 2 aromatic carbocycles. The predicted molar refractivity (Wildman–Crippen MR) is 131 cm³/mol. The lowest BCUT2D eigenvalue weighted by atomic mass is 9.97. The third kappa shape index (κ3) is 3.97. The molecule has 7 heteroatoms. The zero-order valence-corrected chi connectivity index (χ0v) is 20.2. The molecule has 3 aromatic rings. The van der Waals surface area contributed by atoms with E-state index < -0.39 is 0 Å². The molecule has 0 spiro atoms. The molecule has 1 aliphatic rings. The number of hydrogen-bond acceptors (Lipinski definition) is 5. The van der Waals surface area contributed by atoms with Crippen molar-refractivity contribution in [1.82, 2.24) is 9.13 Å². The molecular weight excluding hydrogens is 416 g/mol. The number of methoxy groups -OCH3 is 2. The number of nitrogens with two attached hydrogens (primary N) is 1. The maximum absolute atomic E-state index is 13.7. The van der Waals surface area contributed by atoms with Gasteiger partial charge in [0.05, 0.1) is 25.6 Å². The zero-order chi connectivity index (χ0) is 23.9. The Kier molecular flexibility index (Phi) is 6.17. The number of rotatable bonds is 5. The normalized spacial score (nSPS) is 14.0. The SMILES string of the molecule is COc1cc2c(cc1OC)-c1cc(=Nc3c(C)cc(C)cc3C)n(C(C)CN)c(=O)n1CC2. The third-order valence-electron chi connectivity index (χ3n) is 6.37. The predicted octanol–water partition coefficient (Wildman–Crippen LogP) is 3.57. The number of benzene rings is 2. The van der Waals surface area contributed by atoms with Crippen molar-refractivity contribution in [3.05, 3.63) is 68.6 Å². The molecule has 7 nitrogen and oxygen atoms in total. The topological polar surface area (TPSA) is 83.8 Å². The Morgan fingerprint density at radius 1 is 1.03 bits per heavy atom. The van der Waals surface area contributed by atoms with Crippen LogP contribution >= 0.6 is 0 Å². The van der Waals surface area contributed by atoms with Crippen LogP contribution in [0.4, 0.5) is 5.69 Å². The average Bonchev–Trinajstić information content (AvgIpc) is 2.79. The van der Waals surface area contributed by atoms with E-state index in [1.807, 2.05) is 43.5 Å². The van der Waals surface area contributed by atoms with E-state index in [1.54, 1.807) is 18.8 Å². The van der Waals surface area contributed by atoms with Gasteiger partial charge < -0.3 is 15.2 Å². The third-order valence-corrected chi connectivity index (χ3v) is 6.37. The van der Waals surface area contributed by atoms with Gasteiger partial charge in [-0.25, -0.2) is 9.79 Å². The zero-order valence-electron chi connectivity index (χ0n) is 20.2. The van der Waals surface area contributed by atoms with Crippen LogP contribution in [0.25, 0.3) is 11.3 Å². The number of hydrogen-bond donors (Lipinski definition) is 1. The van der Waals surface area contributed by atoms with Crippen LogP contribution in [0.15, 0.2) is 40.1 Å². The van der Waals surface area contributed by atoms with Gasteiger partial charge in [0, 0.05) is 30.8 Å². The van der Waals surface area contributed by atoms with E-state index in [-0.39, 0.29) is 11.7 Å². The van der Waals surface area contributed by atoms with Gasteiger partial charge in [-0.1, -0.05) is 17.7 Å². The van der Waals surface area contributed by atoms with Crippen molar-refractivity contribution in [3.63, 3.8) is 0 Å². The highest BCUT2D eigenvalue weighted by atomic mass is 16.5. The molecule has 1 atom stereocenters. The van der Waals surface area contributed by atoms with Gasteiger partial charge in [0.2, 0.25) is 0 Å². The van der Waals surface area contributed by atoms with Crippen LogP contribution in [-0.4, -0.2) is 29.9 Å². The maximum Gasteiger partial charge on any atom is 0.330 e. The number of nitrogens with zero attached hydrogens (tertiary/aromatic N) is 3. The summed E-state index contributed by atoms with van der Waals surface area (Å²) in [5, 5.41) is 0. The standard InChI is InChI=1S/C26H32N4O3/c1-15-9-16(2)25(17(3)10-15)28-24-13-21-20-12-23(33-6)22(32-5)11-19(20)7-8-29(21)26(31)30(24)18(4)14-27/h9-13,18H,7-8,14,27H2,1-6H3. The summed E-state index contributed by atoms with van der Waals surface area (Å²) >= 11 is 0. The molecule has 33 heavy (non-hydrogen) atoms.